The summed E-state index contributed by atoms with van der Waals surface area (Å²) in [5.74, 6) is 0.258. The summed E-state index contributed by atoms with van der Waals surface area (Å²) in [5, 5.41) is 2.07. The van der Waals surface area contributed by atoms with Gasteiger partial charge in [-0.05, 0) is 133 Å². The van der Waals surface area contributed by atoms with Crippen molar-refractivity contribution in [3.63, 3.8) is 0 Å². The van der Waals surface area contributed by atoms with Crippen LogP contribution < -0.4 is 18.9 Å². The maximum atomic E-state index is 14.0. The third-order valence-corrected chi connectivity index (χ3v) is 21.1. The number of carbonyl (C=O) groups is 4. The van der Waals surface area contributed by atoms with Gasteiger partial charge in [0.05, 0.1) is 64.5 Å². The Labute approximate surface area is 503 Å². The molecule has 6 aliphatic rings. The molecule has 86 heavy (non-hydrogen) atoms. The zero-order valence-corrected chi connectivity index (χ0v) is 51.6. The summed E-state index contributed by atoms with van der Waals surface area (Å²) in [6.45, 7) is 2.34. The lowest BCUT2D eigenvalue weighted by molar-refractivity contribution is -0.135. The second-order valence-corrected chi connectivity index (χ2v) is 27.2. The second-order valence-electron chi connectivity index (χ2n) is 23.6. The number of hydrogen-bond acceptors (Lipinski definition) is 12. The van der Waals surface area contributed by atoms with Gasteiger partial charge in [-0.25, -0.2) is 9.44 Å². The zero-order valence-electron chi connectivity index (χ0n) is 50.0. The van der Waals surface area contributed by atoms with Crippen LogP contribution in [0.15, 0.2) is 78.4 Å². The number of methoxy groups -OCH3 is 2. The molecule has 6 heterocycles. The van der Waals surface area contributed by atoms with Crippen molar-refractivity contribution >= 4 is 71.9 Å². The largest absolute Gasteiger partial charge is 0.497 e. The molecule has 458 valence electrons. The molecule has 12 rings (SSSR count). The van der Waals surface area contributed by atoms with Gasteiger partial charge in [-0.1, -0.05) is 50.7 Å². The van der Waals surface area contributed by atoms with Crippen LogP contribution >= 0.6 is 0 Å². The molecule has 2 aromatic heterocycles. The smallest absolute Gasteiger partial charge is 0.303 e. The highest BCUT2D eigenvalue weighted by molar-refractivity contribution is 7.88. The number of fused-ring (bicyclic) bond motifs is 8. The molecule has 4 aromatic carbocycles. The number of benzene rings is 4. The SMILES string of the molecule is COc1ccc2c(c1)C=C1Cn3c-2c(C2CCCCC2)c2ccc(cc23)C(=O)NS(=O)(=O)N(C)CCOCCN(C)C1=O.COc1ccc2c(c1)CC1Cn3c-2c(C2CCCCC2)c2ccc(cc23)C(=O)NS(=O)(=O)N(C)CCOCCN(C)C1=O. The van der Waals surface area contributed by atoms with Gasteiger partial charge in [0.2, 0.25) is 5.91 Å². The summed E-state index contributed by atoms with van der Waals surface area (Å²) in [6.07, 6.45) is 13.8. The average Bonchev–Trinajstić information content (AvgIpc) is 1.62. The van der Waals surface area contributed by atoms with E-state index in [9.17, 15) is 36.0 Å². The molecule has 0 radical (unpaired) electrons. The van der Waals surface area contributed by atoms with Crippen molar-refractivity contribution in [3.05, 3.63) is 112 Å². The molecule has 6 aromatic rings. The minimum absolute atomic E-state index is 0.0178. The molecule has 4 amide bonds. The fourth-order valence-corrected chi connectivity index (χ4v) is 15.1. The topological polar surface area (TPSA) is 220 Å². The number of carbonyl (C=O) groups excluding carboxylic acids is 4. The van der Waals surface area contributed by atoms with E-state index in [-0.39, 0.29) is 68.4 Å². The third-order valence-electron chi connectivity index (χ3n) is 18.2. The van der Waals surface area contributed by atoms with Gasteiger partial charge in [0, 0.05) is 111 Å². The Hall–Kier alpha value is -7.08. The fraction of sp³-hybridized carbons (Fsp3) is 0.469. The van der Waals surface area contributed by atoms with Gasteiger partial charge in [-0.2, -0.15) is 25.4 Å². The van der Waals surface area contributed by atoms with E-state index in [4.69, 9.17) is 18.9 Å². The Kier molecular flexibility index (Phi) is 17.8. The Bertz CT molecular complexity index is 3860. The molecule has 2 saturated carbocycles. The highest BCUT2D eigenvalue weighted by atomic mass is 32.2. The van der Waals surface area contributed by atoms with E-state index in [0.29, 0.717) is 55.8 Å². The van der Waals surface area contributed by atoms with Crippen molar-refractivity contribution in [1.29, 1.82) is 0 Å². The quantitative estimate of drug-likeness (QED) is 0.171. The number of likely N-dealkylation sites (N-methyl/N-ethyl adjacent to an activating group) is 4. The molecule has 4 aliphatic heterocycles. The van der Waals surface area contributed by atoms with Crippen molar-refractivity contribution in [2.75, 3.05) is 95.0 Å². The van der Waals surface area contributed by atoms with E-state index >= 15 is 0 Å². The van der Waals surface area contributed by atoms with Gasteiger partial charge in [0.25, 0.3) is 17.7 Å². The number of aromatic nitrogens is 2. The molecule has 2 aliphatic carbocycles. The summed E-state index contributed by atoms with van der Waals surface area (Å²) in [4.78, 5) is 57.9. The first-order valence-electron chi connectivity index (χ1n) is 30.0. The van der Waals surface area contributed by atoms with E-state index in [1.165, 1.54) is 38.1 Å². The third kappa shape index (κ3) is 12.2. The monoisotopic (exact) mass is 1210 g/mol. The van der Waals surface area contributed by atoms with Crippen LogP contribution in [-0.2, 0) is 59.0 Å². The minimum Gasteiger partial charge on any atom is -0.497 e. The van der Waals surface area contributed by atoms with Crippen molar-refractivity contribution in [2.24, 2.45) is 5.92 Å². The lowest BCUT2D eigenvalue weighted by Gasteiger charge is -2.24. The molecule has 0 saturated heterocycles. The Balaban J connectivity index is 0.000000179. The van der Waals surface area contributed by atoms with Gasteiger partial charge < -0.3 is 37.9 Å². The molecule has 2 N–H and O–H groups in total. The minimum atomic E-state index is -4.09. The Morgan fingerprint density at radius 3 is 1.57 bits per heavy atom. The van der Waals surface area contributed by atoms with Crippen LogP contribution in [0.5, 0.6) is 11.5 Å². The zero-order chi connectivity index (χ0) is 60.6. The normalized spacial score (nSPS) is 21.4. The highest BCUT2D eigenvalue weighted by Gasteiger charge is 2.36. The van der Waals surface area contributed by atoms with E-state index < -0.39 is 32.2 Å². The van der Waals surface area contributed by atoms with Crippen LogP contribution in [-0.4, -0.2) is 163 Å². The predicted molar refractivity (Wildman–Crippen MR) is 330 cm³/mol. The molecule has 22 heteroatoms. The molecule has 1 atom stereocenters. The van der Waals surface area contributed by atoms with E-state index in [2.05, 4.69) is 30.7 Å². The molecule has 20 nitrogen and oxygen atoms in total. The summed E-state index contributed by atoms with van der Waals surface area (Å²) < 4.78 is 85.2. The van der Waals surface area contributed by atoms with Gasteiger partial charge in [-0.3, -0.25) is 19.2 Å². The molecule has 8 bridgehead atoms. The number of ether oxygens (including phenoxy) is 4. The number of rotatable bonds is 4. The van der Waals surface area contributed by atoms with E-state index in [0.717, 1.165) is 121 Å². The van der Waals surface area contributed by atoms with Crippen LogP contribution in [0.3, 0.4) is 0 Å². The van der Waals surface area contributed by atoms with Gasteiger partial charge in [0.15, 0.2) is 0 Å². The number of nitrogens with zero attached hydrogens (tertiary/aromatic N) is 6. The van der Waals surface area contributed by atoms with Crippen molar-refractivity contribution < 1.29 is 55.0 Å². The number of amides is 4. The molecular formula is C64H78N8O12S2. The van der Waals surface area contributed by atoms with Crippen molar-refractivity contribution in [1.82, 2.24) is 37.0 Å². The first-order chi connectivity index (χ1) is 41.3. The molecular weight excluding hydrogens is 1140 g/mol. The van der Waals surface area contributed by atoms with Gasteiger partial charge in [0.1, 0.15) is 11.5 Å². The van der Waals surface area contributed by atoms with Crippen LogP contribution in [0, 0.1) is 5.92 Å². The summed E-state index contributed by atoms with van der Waals surface area (Å²) >= 11 is 0. The first kappa shape index (κ1) is 60.6. The van der Waals surface area contributed by atoms with Crippen LogP contribution in [0.2, 0.25) is 0 Å². The average molecular weight is 1220 g/mol. The molecule has 0 spiro atoms. The maximum Gasteiger partial charge on any atom is 0.303 e. The summed E-state index contributed by atoms with van der Waals surface area (Å²) in [6, 6.07) is 22.9. The lowest BCUT2D eigenvalue weighted by atomic mass is 9.81. The molecule has 1 unspecified atom stereocenters. The van der Waals surface area contributed by atoms with Gasteiger partial charge >= 0.3 is 20.4 Å². The predicted octanol–water partition coefficient (Wildman–Crippen LogP) is 8.09. The van der Waals surface area contributed by atoms with Crippen LogP contribution in [0.4, 0.5) is 0 Å². The lowest BCUT2D eigenvalue weighted by Crippen LogP contribution is -2.43. The van der Waals surface area contributed by atoms with Crippen LogP contribution in [0.1, 0.15) is 119 Å². The second kappa shape index (κ2) is 25.3. The fourth-order valence-electron chi connectivity index (χ4n) is 13.4. The Morgan fingerprint density at radius 2 is 1.02 bits per heavy atom. The maximum absolute atomic E-state index is 14.0. The summed E-state index contributed by atoms with van der Waals surface area (Å²) in [5.41, 5.74) is 11.3. The Morgan fingerprint density at radius 1 is 0.535 bits per heavy atom. The van der Waals surface area contributed by atoms with Gasteiger partial charge in [-0.15, -0.1) is 0 Å². The standard InChI is InChI=1S/C32H40N4O6S.C32H38N4O6S/c2*1-34-13-15-42-16-14-35(2)43(39,40)33-31(37)22-9-11-27-28(19-22)36-20-24(32(34)38)17-23-18-25(41-3)10-12-26(23)30(36)29(27)21-7-5-4-6-8-21/h9-12,18-19,21,24H,4-8,13-17,20H2,1-3H3,(H,33,37);9-12,17-19,21H,4-8,13-16,20H2,1-3H3,(H,33,37). The van der Waals surface area contributed by atoms with Crippen LogP contribution in [0.25, 0.3) is 50.4 Å². The number of hydrogen-bond donors (Lipinski definition) is 2. The van der Waals surface area contributed by atoms with Crippen molar-refractivity contribution in [2.45, 2.75) is 95.6 Å². The molecule has 2 fully saturated rings. The number of nitrogens with one attached hydrogen (secondary N) is 2. The van der Waals surface area contributed by atoms with E-state index in [1.807, 2.05) is 42.5 Å². The summed E-state index contributed by atoms with van der Waals surface area (Å²) in [7, 11) is 1.46. The highest BCUT2D eigenvalue weighted by Crippen LogP contribution is 2.49. The first-order valence-corrected chi connectivity index (χ1v) is 32.8. The van der Waals surface area contributed by atoms with E-state index in [1.54, 1.807) is 62.4 Å². The van der Waals surface area contributed by atoms with Crippen molar-refractivity contribution in [3.8, 4) is 34.0 Å².